The van der Waals surface area contributed by atoms with Crippen molar-refractivity contribution in [2.45, 2.75) is 38.0 Å². The normalized spacial score (nSPS) is 18.7. The van der Waals surface area contributed by atoms with Gasteiger partial charge in [-0.15, -0.1) is 0 Å². The van der Waals surface area contributed by atoms with Crippen molar-refractivity contribution < 1.29 is 18.6 Å². The quantitative estimate of drug-likeness (QED) is 0.739. The molecule has 6 heteroatoms. The molecule has 3 atom stereocenters. The minimum Gasteiger partial charge on any atom is -0.493 e. The smallest absolute Gasteiger partial charge is 0.126 e. The standard InChI is InChI=1S/C20H24F2N2O2/c1-12-2-3-20-16(6-12)18(4-5-26-20)24-11-19(25)17(23)9-13-7-14(21)10-15(22)8-13/h2-3,6-8,10,17-19,24-25H,4-5,9,11,23H2,1H3/t17-,18?,19+/m0/s1. The van der Waals surface area contributed by atoms with Gasteiger partial charge in [-0.1, -0.05) is 17.7 Å². The van der Waals surface area contributed by atoms with Gasteiger partial charge in [0.15, 0.2) is 0 Å². The first-order valence-corrected chi connectivity index (χ1v) is 8.77. The van der Waals surface area contributed by atoms with Gasteiger partial charge in [-0.2, -0.15) is 0 Å². The summed E-state index contributed by atoms with van der Waals surface area (Å²) >= 11 is 0. The maximum Gasteiger partial charge on any atom is 0.126 e. The molecule has 2 aromatic carbocycles. The van der Waals surface area contributed by atoms with Crippen molar-refractivity contribution in [2.24, 2.45) is 5.73 Å². The zero-order valence-corrected chi connectivity index (χ0v) is 14.7. The minimum absolute atomic E-state index is 0.0760. The second kappa shape index (κ2) is 8.12. The van der Waals surface area contributed by atoms with E-state index in [2.05, 4.69) is 11.4 Å². The third-order valence-corrected chi connectivity index (χ3v) is 4.67. The highest BCUT2D eigenvalue weighted by molar-refractivity contribution is 5.40. The van der Waals surface area contributed by atoms with Gasteiger partial charge in [-0.3, -0.25) is 0 Å². The van der Waals surface area contributed by atoms with E-state index in [-0.39, 0.29) is 19.0 Å². The van der Waals surface area contributed by atoms with Crippen LogP contribution in [0.15, 0.2) is 36.4 Å². The molecule has 0 fully saturated rings. The van der Waals surface area contributed by atoms with Crippen molar-refractivity contribution in [3.63, 3.8) is 0 Å². The largest absolute Gasteiger partial charge is 0.493 e. The van der Waals surface area contributed by atoms with E-state index in [1.807, 2.05) is 19.1 Å². The summed E-state index contributed by atoms with van der Waals surface area (Å²) in [5, 5.41) is 13.7. The number of nitrogens with one attached hydrogen (secondary N) is 1. The summed E-state index contributed by atoms with van der Waals surface area (Å²) < 4.78 is 32.2. The molecule has 0 radical (unpaired) electrons. The first-order chi connectivity index (χ1) is 12.4. The number of hydrogen-bond acceptors (Lipinski definition) is 4. The Hall–Kier alpha value is -2.02. The summed E-state index contributed by atoms with van der Waals surface area (Å²) in [6.07, 6.45) is 0.159. The topological polar surface area (TPSA) is 67.5 Å². The minimum atomic E-state index is -0.836. The molecule has 2 aromatic rings. The summed E-state index contributed by atoms with van der Waals surface area (Å²) in [7, 11) is 0. The number of aliphatic hydroxyl groups is 1. The fourth-order valence-electron chi connectivity index (χ4n) is 3.28. The van der Waals surface area contributed by atoms with Crippen LogP contribution in [0.5, 0.6) is 5.75 Å². The molecule has 0 saturated carbocycles. The third-order valence-electron chi connectivity index (χ3n) is 4.67. The molecule has 0 bridgehead atoms. The molecule has 0 spiro atoms. The molecule has 1 unspecified atom stereocenters. The zero-order valence-electron chi connectivity index (χ0n) is 14.7. The highest BCUT2D eigenvalue weighted by Crippen LogP contribution is 2.32. The van der Waals surface area contributed by atoms with Crippen LogP contribution in [0.1, 0.15) is 29.2 Å². The van der Waals surface area contributed by atoms with Gasteiger partial charge in [0.1, 0.15) is 17.4 Å². The molecule has 3 rings (SSSR count). The number of halogens is 2. The number of nitrogens with two attached hydrogens (primary N) is 1. The van der Waals surface area contributed by atoms with Gasteiger partial charge < -0.3 is 20.9 Å². The van der Waals surface area contributed by atoms with Crippen molar-refractivity contribution in [3.05, 3.63) is 64.7 Å². The fourth-order valence-corrected chi connectivity index (χ4v) is 3.28. The van der Waals surface area contributed by atoms with E-state index < -0.39 is 23.8 Å². The monoisotopic (exact) mass is 362 g/mol. The molecular formula is C20H24F2N2O2. The predicted octanol–water partition coefficient (Wildman–Crippen LogP) is 2.62. The van der Waals surface area contributed by atoms with Gasteiger partial charge in [0.2, 0.25) is 0 Å². The second-order valence-corrected chi connectivity index (χ2v) is 6.85. The molecular weight excluding hydrogens is 338 g/mol. The summed E-state index contributed by atoms with van der Waals surface area (Å²) in [6, 6.07) is 8.78. The van der Waals surface area contributed by atoms with E-state index in [0.29, 0.717) is 12.2 Å². The van der Waals surface area contributed by atoms with Crippen LogP contribution in [0.4, 0.5) is 8.78 Å². The van der Waals surface area contributed by atoms with Crippen LogP contribution in [0.25, 0.3) is 0 Å². The number of fused-ring (bicyclic) bond motifs is 1. The lowest BCUT2D eigenvalue weighted by Crippen LogP contribution is -2.44. The summed E-state index contributed by atoms with van der Waals surface area (Å²) in [5.74, 6) is -0.434. The molecule has 0 aliphatic carbocycles. The molecule has 4 N–H and O–H groups in total. The first kappa shape index (κ1) is 18.8. The Balaban J connectivity index is 1.59. The Bertz CT molecular complexity index is 749. The maximum absolute atomic E-state index is 13.3. The lowest BCUT2D eigenvalue weighted by molar-refractivity contribution is 0.133. The van der Waals surface area contributed by atoms with Gasteiger partial charge in [-0.05, 0) is 37.1 Å². The third kappa shape index (κ3) is 4.58. The molecule has 0 amide bonds. The van der Waals surface area contributed by atoms with E-state index >= 15 is 0 Å². The first-order valence-electron chi connectivity index (χ1n) is 8.77. The SMILES string of the molecule is Cc1ccc2c(c1)C(NC[C@@H](O)[C@@H](N)Cc1cc(F)cc(F)c1)CCO2. The molecule has 0 aromatic heterocycles. The van der Waals surface area contributed by atoms with E-state index in [9.17, 15) is 13.9 Å². The molecule has 26 heavy (non-hydrogen) atoms. The second-order valence-electron chi connectivity index (χ2n) is 6.85. The van der Waals surface area contributed by atoms with Gasteiger partial charge in [-0.25, -0.2) is 8.78 Å². The van der Waals surface area contributed by atoms with Crippen molar-refractivity contribution in [3.8, 4) is 5.75 Å². The van der Waals surface area contributed by atoms with Crippen LogP contribution in [0, 0.1) is 18.6 Å². The number of benzene rings is 2. The van der Waals surface area contributed by atoms with Crippen LogP contribution < -0.4 is 15.8 Å². The van der Waals surface area contributed by atoms with E-state index in [4.69, 9.17) is 10.5 Å². The molecule has 1 heterocycles. The Morgan fingerprint density at radius 2 is 1.96 bits per heavy atom. The highest BCUT2D eigenvalue weighted by Gasteiger charge is 2.23. The summed E-state index contributed by atoms with van der Waals surface area (Å²) in [5.41, 5.74) is 8.67. The van der Waals surface area contributed by atoms with E-state index in [1.54, 1.807) is 0 Å². The number of aryl methyl sites for hydroxylation is 1. The van der Waals surface area contributed by atoms with E-state index in [0.717, 1.165) is 29.4 Å². The van der Waals surface area contributed by atoms with Gasteiger partial charge in [0.05, 0.1) is 12.7 Å². The van der Waals surface area contributed by atoms with Crippen LogP contribution in [-0.2, 0) is 6.42 Å². The molecule has 140 valence electrons. The fraction of sp³-hybridized carbons (Fsp3) is 0.400. The number of ether oxygens (including phenoxy) is 1. The molecule has 0 saturated heterocycles. The Morgan fingerprint density at radius 1 is 1.23 bits per heavy atom. The number of rotatable bonds is 6. The van der Waals surface area contributed by atoms with Crippen LogP contribution in [0.3, 0.4) is 0 Å². The summed E-state index contributed by atoms with van der Waals surface area (Å²) in [4.78, 5) is 0. The van der Waals surface area contributed by atoms with Gasteiger partial charge >= 0.3 is 0 Å². The van der Waals surface area contributed by atoms with Gasteiger partial charge in [0.25, 0.3) is 0 Å². The Labute approximate surface area is 152 Å². The van der Waals surface area contributed by atoms with Crippen molar-refractivity contribution >= 4 is 0 Å². The summed E-state index contributed by atoms with van der Waals surface area (Å²) in [6.45, 7) is 2.92. The Kier molecular flexibility index (Phi) is 5.86. The van der Waals surface area contributed by atoms with Crippen LogP contribution >= 0.6 is 0 Å². The maximum atomic E-state index is 13.3. The molecule has 4 nitrogen and oxygen atoms in total. The van der Waals surface area contributed by atoms with E-state index in [1.165, 1.54) is 12.1 Å². The average Bonchev–Trinajstić information content (AvgIpc) is 2.58. The lowest BCUT2D eigenvalue weighted by Gasteiger charge is -2.29. The average molecular weight is 362 g/mol. The molecule has 1 aliphatic heterocycles. The predicted molar refractivity (Wildman–Crippen MR) is 96.1 cm³/mol. The van der Waals surface area contributed by atoms with Gasteiger partial charge in [0, 0.05) is 36.7 Å². The van der Waals surface area contributed by atoms with Crippen molar-refractivity contribution in [2.75, 3.05) is 13.2 Å². The van der Waals surface area contributed by atoms with Crippen molar-refractivity contribution in [1.29, 1.82) is 0 Å². The number of aliphatic hydroxyl groups excluding tert-OH is 1. The number of hydrogen-bond donors (Lipinski definition) is 3. The Morgan fingerprint density at radius 3 is 2.69 bits per heavy atom. The van der Waals surface area contributed by atoms with Crippen molar-refractivity contribution in [1.82, 2.24) is 5.32 Å². The lowest BCUT2D eigenvalue weighted by atomic mass is 9.97. The molecule has 1 aliphatic rings. The van der Waals surface area contributed by atoms with Crippen LogP contribution in [-0.4, -0.2) is 30.4 Å². The zero-order chi connectivity index (χ0) is 18.7. The highest BCUT2D eigenvalue weighted by atomic mass is 19.1. The van der Waals surface area contributed by atoms with Crippen LogP contribution in [0.2, 0.25) is 0 Å².